The Labute approximate surface area is 212 Å². The van der Waals surface area contributed by atoms with E-state index in [-0.39, 0.29) is 37.6 Å². The number of nitrogens with zero attached hydrogens (tertiary/aromatic N) is 2. The average molecular weight is 537 g/mol. The fourth-order valence-corrected chi connectivity index (χ4v) is 3.24. The van der Waals surface area contributed by atoms with Crippen molar-refractivity contribution in [1.82, 2.24) is 10.6 Å². The first-order chi connectivity index (χ1) is 17.0. The number of amides is 2. The van der Waals surface area contributed by atoms with Gasteiger partial charge < -0.3 is 15.4 Å². The van der Waals surface area contributed by atoms with Crippen molar-refractivity contribution >= 4 is 22.1 Å². The Bertz CT molecular complexity index is 907. The zero-order valence-corrected chi connectivity index (χ0v) is 22.2. The lowest BCUT2D eigenvalue weighted by Gasteiger charge is -2.27. The fourth-order valence-electron chi connectivity index (χ4n) is 3.24. The highest BCUT2D eigenvalue weighted by atomic mass is 32.2. The SMILES string of the molecule is CC.CC(NC(=O)OC[n+]1cccc(C(=O)NCCO[N+](=O)O)c1)C1CCCCC1.CCS(=O)(=O)O. The van der Waals surface area contributed by atoms with Crippen LogP contribution in [-0.4, -0.2) is 60.2 Å². The normalized spacial score (nSPS) is 14.0. The molecule has 2 amide bonds. The third kappa shape index (κ3) is 15.8. The molecule has 1 aromatic heterocycles. The van der Waals surface area contributed by atoms with Gasteiger partial charge in [-0.05, 0) is 38.7 Å². The molecule has 1 unspecified atom stereocenters. The first-order valence-electron chi connectivity index (χ1n) is 12.0. The predicted octanol–water partition coefficient (Wildman–Crippen LogP) is 2.38. The van der Waals surface area contributed by atoms with Gasteiger partial charge in [-0.25, -0.2) is 10.0 Å². The molecule has 1 fully saturated rings. The van der Waals surface area contributed by atoms with Gasteiger partial charge in [-0.15, -0.1) is 0 Å². The van der Waals surface area contributed by atoms with Crippen LogP contribution in [0.3, 0.4) is 0 Å². The summed E-state index contributed by atoms with van der Waals surface area (Å²) in [4.78, 5) is 38.5. The van der Waals surface area contributed by atoms with Crippen LogP contribution in [0.4, 0.5) is 4.79 Å². The summed E-state index contributed by atoms with van der Waals surface area (Å²) in [6, 6.07) is 3.33. The van der Waals surface area contributed by atoms with Crippen LogP contribution in [0.5, 0.6) is 0 Å². The highest BCUT2D eigenvalue weighted by Crippen LogP contribution is 2.26. The number of ether oxygens (including phenoxy) is 1. The molecule has 36 heavy (non-hydrogen) atoms. The van der Waals surface area contributed by atoms with Crippen molar-refractivity contribution in [3.8, 4) is 0 Å². The Morgan fingerprint density at radius 1 is 1.25 bits per heavy atom. The minimum atomic E-state index is -3.66. The van der Waals surface area contributed by atoms with Crippen LogP contribution in [0.25, 0.3) is 0 Å². The van der Waals surface area contributed by atoms with Crippen molar-refractivity contribution in [3.63, 3.8) is 0 Å². The van der Waals surface area contributed by atoms with E-state index in [0.29, 0.717) is 11.5 Å². The second kappa shape index (κ2) is 18.3. The molecule has 2 rings (SSSR count). The molecule has 0 spiro atoms. The Balaban J connectivity index is 0.00000134. The van der Waals surface area contributed by atoms with Crippen LogP contribution in [0.1, 0.15) is 70.2 Å². The number of rotatable bonds is 10. The molecule has 14 heteroatoms. The molecule has 0 radical (unpaired) electrons. The lowest BCUT2D eigenvalue weighted by atomic mass is 9.85. The minimum absolute atomic E-state index is 0.0247. The number of aromatic nitrogens is 1. The third-order valence-electron chi connectivity index (χ3n) is 5.12. The van der Waals surface area contributed by atoms with Gasteiger partial charge in [-0.1, -0.05) is 33.1 Å². The van der Waals surface area contributed by atoms with Gasteiger partial charge in [0.05, 0.1) is 12.3 Å². The Kier molecular flexibility index (Phi) is 16.8. The molecule has 0 saturated heterocycles. The molecule has 1 aliphatic rings. The van der Waals surface area contributed by atoms with Gasteiger partial charge in [0, 0.05) is 12.1 Å². The molecule has 13 nitrogen and oxygen atoms in total. The van der Waals surface area contributed by atoms with E-state index in [1.165, 1.54) is 26.2 Å². The molecule has 0 aromatic carbocycles. The lowest BCUT2D eigenvalue weighted by Crippen LogP contribution is -2.43. The third-order valence-corrected chi connectivity index (χ3v) is 5.85. The molecule has 1 aromatic rings. The summed E-state index contributed by atoms with van der Waals surface area (Å²) in [5, 5.41) is 13.0. The topological polar surface area (TPSA) is 175 Å². The zero-order chi connectivity index (χ0) is 27.6. The summed E-state index contributed by atoms with van der Waals surface area (Å²) >= 11 is 0. The fraction of sp³-hybridized carbons (Fsp3) is 0.682. The van der Waals surface area contributed by atoms with Gasteiger partial charge >= 0.3 is 11.2 Å². The maximum absolute atomic E-state index is 12.0. The Hall–Kier alpha value is -3.00. The van der Waals surface area contributed by atoms with Crippen molar-refractivity contribution in [2.24, 2.45) is 5.92 Å². The van der Waals surface area contributed by atoms with E-state index >= 15 is 0 Å². The maximum Gasteiger partial charge on any atom is 0.475 e. The second-order valence-corrected chi connectivity index (χ2v) is 9.44. The van der Waals surface area contributed by atoms with Crippen LogP contribution >= 0.6 is 0 Å². The van der Waals surface area contributed by atoms with Crippen LogP contribution in [-0.2, 0) is 26.4 Å². The summed E-state index contributed by atoms with van der Waals surface area (Å²) in [5.74, 6) is -0.0966. The van der Waals surface area contributed by atoms with Crippen LogP contribution < -0.4 is 15.2 Å². The first kappa shape index (κ1) is 33.0. The lowest BCUT2D eigenvalue weighted by molar-refractivity contribution is -0.975. The number of hydrogen-bond acceptors (Lipinski definition) is 7. The average Bonchev–Trinajstić information content (AvgIpc) is 2.87. The second-order valence-electron chi connectivity index (χ2n) is 7.70. The van der Waals surface area contributed by atoms with E-state index < -0.39 is 21.3 Å². The Morgan fingerprint density at radius 3 is 2.42 bits per heavy atom. The molecule has 4 N–H and O–H groups in total. The van der Waals surface area contributed by atoms with E-state index in [9.17, 15) is 22.9 Å². The smallest absolute Gasteiger partial charge is 0.388 e. The molecule has 206 valence electrons. The highest BCUT2D eigenvalue weighted by Gasteiger charge is 2.22. The molecule has 1 saturated carbocycles. The van der Waals surface area contributed by atoms with Gasteiger partial charge in [0.1, 0.15) is 10.5 Å². The maximum atomic E-state index is 12.0. The van der Waals surface area contributed by atoms with Crippen LogP contribution in [0.15, 0.2) is 24.5 Å². The van der Waals surface area contributed by atoms with Gasteiger partial charge in [0.15, 0.2) is 19.0 Å². The monoisotopic (exact) mass is 536 g/mol. The van der Waals surface area contributed by atoms with Crippen molar-refractivity contribution in [1.29, 1.82) is 0 Å². The Morgan fingerprint density at radius 2 is 1.86 bits per heavy atom. The number of alkyl carbamates (subject to hydrolysis) is 1. The summed E-state index contributed by atoms with van der Waals surface area (Å²) in [7, 11) is -3.66. The van der Waals surface area contributed by atoms with Crippen molar-refractivity contribution in [2.75, 3.05) is 18.9 Å². The quantitative estimate of drug-likeness (QED) is 0.151. The summed E-state index contributed by atoms with van der Waals surface area (Å²) < 4.78 is 33.7. The number of carbonyl (C=O) groups is 2. The van der Waals surface area contributed by atoms with Gasteiger partial charge in [-0.3, -0.25) is 9.35 Å². The molecular weight excluding hydrogens is 496 g/mol. The largest absolute Gasteiger partial charge is 0.475 e. The van der Waals surface area contributed by atoms with E-state index in [1.54, 1.807) is 29.1 Å². The summed E-state index contributed by atoms with van der Waals surface area (Å²) in [5.41, 5.74) is 0.352. The zero-order valence-electron chi connectivity index (χ0n) is 21.4. The van der Waals surface area contributed by atoms with Crippen molar-refractivity contribution < 1.29 is 47.0 Å². The van der Waals surface area contributed by atoms with E-state index in [4.69, 9.17) is 14.5 Å². The number of carbonyl (C=O) groups excluding carboxylic acids is 2. The molecule has 0 aliphatic heterocycles. The van der Waals surface area contributed by atoms with Crippen LogP contribution in [0, 0.1) is 10.8 Å². The molecule has 1 heterocycles. The first-order valence-corrected chi connectivity index (χ1v) is 13.6. The summed E-state index contributed by atoms with van der Waals surface area (Å²) in [6.07, 6.45) is 8.67. The molecular formula is C22H40N4O9S+2. The molecule has 0 bridgehead atoms. The molecule has 1 atom stereocenters. The standard InChI is InChI=1S/C18H26N4O6.C2H6O3S.C2H6/c1-14(15-6-3-2-4-7-15)20-18(24)27-13-21-10-5-8-16(12-21)17(23)19-9-11-28-22(25)26;1-2-6(3,4)5;1-2/h5,8,10,12,14-15H,2-4,6-7,9,11,13H2,1H3,(H-2,19,20,23,24,25,26);2H2,1H3,(H,3,4,5);1-2H3/p+2. The van der Waals surface area contributed by atoms with Gasteiger partial charge in [0.2, 0.25) is 0 Å². The van der Waals surface area contributed by atoms with Gasteiger partial charge in [-0.2, -0.15) is 17.8 Å². The molecule has 1 aliphatic carbocycles. The van der Waals surface area contributed by atoms with Crippen LogP contribution in [0.2, 0.25) is 0 Å². The van der Waals surface area contributed by atoms with Crippen molar-refractivity contribution in [3.05, 3.63) is 35.0 Å². The summed E-state index contributed by atoms with van der Waals surface area (Å²) in [6.45, 7) is 7.23. The van der Waals surface area contributed by atoms with Crippen molar-refractivity contribution in [2.45, 2.75) is 72.6 Å². The van der Waals surface area contributed by atoms with E-state index in [2.05, 4.69) is 15.5 Å². The number of nitrogens with one attached hydrogen (secondary N) is 2. The minimum Gasteiger partial charge on any atom is -0.388 e. The number of pyridine rings is 1. The van der Waals surface area contributed by atoms with Gasteiger partial charge in [0.25, 0.3) is 22.8 Å². The number of hydrogen-bond donors (Lipinski definition) is 4. The predicted molar refractivity (Wildman–Crippen MR) is 129 cm³/mol. The van der Waals surface area contributed by atoms with E-state index in [1.807, 2.05) is 20.8 Å². The highest BCUT2D eigenvalue weighted by molar-refractivity contribution is 7.85. The van der Waals surface area contributed by atoms with E-state index in [0.717, 1.165) is 12.8 Å².